The number of amides is 1. The van der Waals surface area contributed by atoms with Crippen molar-refractivity contribution in [2.45, 2.75) is 37.6 Å². The van der Waals surface area contributed by atoms with Gasteiger partial charge in [0, 0.05) is 36.4 Å². The van der Waals surface area contributed by atoms with Gasteiger partial charge in [0.1, 0.15) is 17.5 Å². The molecule has 0 bridgehead atoms. The molecule has 2 aliphatic rings. The first-order valence-electron chi connectivity index (χ1n) is 8.43. The Morgan fingerprint density at radius 1 is 1.36 bits per heavy atom. The molecule has 2 saturated carbocycles. The predicted octanol–water partition coefficient (Wildman–Crippen LogP) is 3.02. The lowest BCUT2D eigenvalue weighted by Crippen LogP contribution is -2.29. The van der Waals surface area contributed by atoms with Crippen molar-refractivity contribution in [3.8, 4) is 0 Å². The summed E-state index contributed by atoms with van der Waals surface area (Å²) < 4.78 is 30.0. The van der Waals surface area contributed by atoms with Crippen LogP contribution in [0.15, 0.2) is 18.2 Å². The highest BCUT2D eigenvalue weighted by atomic mass is 32.1. The van der Waals surface area contributed by atoms with Crippen LogP contribution < -0.4 is 5.32 Å². The highest BCUT2D eigenvalue weighted by Crippen LogP contribution is 2.49. The maximum Gasteiger partial charge on any atom is 0.223 e. The molecule has 8 heteroatoms. The number of carbonyl (C=O) groups excluding carboxylic acids is 1. The van der Waals surface area contributed by atoms with Gasteiger partial charge < -0.3 is 9.88 Å². The SMILES string of the molecule is O=C(NCCn1c(C2CC2)n[nH]c1=S)[C@@H]1C[C@H]1c1c(F)cccc1F. The molecule has 1 amide bonds. The van der Waals surface area contributed by atoms with Crippen LogP contribution in [0.2, 0.25) is 0 Å². The summed E-state index contributed by atoms with van der Waals surface area (Å²) in [6, 6.07) is 3.79. The molecule has 1 aromatic carbocycles. The Kier molecular flexibility index (Phi) is 4.15. The topological polar surface area (TPSA) is 62.7 Å². The van der Waals surface area contributed by atoms with Crippen molar-refractivity contribution in [2.75, 3.05) is 6.54 Å². The van der Waals surface area contributed by atoms with E-state index in [4.69, 9.17) is 12.2 Å². The standard InChI is InChI=1S/C17H18F2N4OS/c18-12-2-1-3-13(19)14(12)10-8-11(10)16(24)20-6-7-23-15(9-4-5-9)21-22-17(23)25/h1-3,9-11H,4-8H2,(H,20,24)(H,22,25)/t10-,11-/m1/s1. The van der Waals surface area contributed by atoms with Gasteiger partial charge in [0.15, 0.2) is 4.77 Å². The van der Waals surface area contributed by atoms with E-state index >= 15 is 0 Å². The average Bonchev–Trinajstić information content (AvgIpc) is 3.48. The molecule has 2 fully saturated rings. The Morgan fingerprint density at radius 3 is 2.76 bits per heavy atom. The van der Waals surface area contributed by atoms with Gasteiger partial charge in [-0.1, -0.05) is 6.07 Å². The molecule has 2 N–H and O–H groups in total. The monoisotopic (exact) mass is 364 g/mol. The summed E-state index contributed by atoms with van der Waals surface area (Å²) in [6.07, 6.45) is 2.70. The van der Waals surface area contributed by atoms with E-state index in [1.54, 1.807) is 0 Å². The molecule has 2 aromatic rings. The van der Waals surface area contributed by atoms with Crippen LogP contribution in [0.3, 0.4) is 0 Å². The quantitative estimate of drug-likeness (QED) is 0.775. The van der Waals surface area contributed by atoms with Gasteiger partial charge in [-0.25, -0.2) is 8.78 Å². The number of halogens is 2. The maximum atomic E-state index is 13.8. The summed E-state index contributed by atoms with van der Waals surface area (Å²) in [5.41, 5.74) is 0.0238. The number of nitrogens with zero attached hydrogens (tertiary/aromatic N) is 2. The Hall–Kier alpha value is -2.09. The third-order valence-corrected chi connectivity index (χ3v) is 5.17. The Balaban J connectivity index is 1.34. The van der Waals surface area contributed by atoms with E-state index in [1.165, 1.54) is 18.2 Å². The number of aromatic nitrogens is 3. The molecule has 0 spiro atoms. The zero-order valence-corrected chi connectivity index (χ0v) is 14.3. The number of rotatable bonds is 6. The number of benzene rings is 1. The number of aromatic amines is 1. The minimum Gasteiger partial charge on any atom is -0.354 e. The summed E-state index contributed by atoms with van der Waals surface area (Å²) in [4.78, 5) is 12.2. The molecule has 2 aliphatic carbocycles. The van der Waals surface area contributed by atoms with Crippen molar-refractivity contribution >= 4 is 18.1 Å². The van der Waals surface area contributed by atoms with Crippen LogP contribution in [0.1, 0.15) is 42.5 Å². The predicted molar refractivity (Wildman–Crippen MR) is 89.6 cm³/mol. The van der Waals surface area contributed by atoms with E-state index in [2.05, 4.69) is 15.5 Å². The zero-order valence-electron chi connectivity index (χ0n) is 13.5. The number of hydrogen-bond acceptors (Lipinski definition) is 3. The lowest BCUT2D eigenvalue weighted by molar-refractivity contribution is -0.122. The fourth-order valence-electron chi connectivity index (χ4n) is 3.29. The van der Waals surface area contributed by atoms with Gasteiger partial charge in [-0.3, -0.25) is 9.89 Å². The van der Waals surface area contributed by atoms with Gasteiger partial charge in [0.25, 0.3) is 0 Å². The molecule has 0 saturated heterocycles. The van der Waals surface area contributed by atoms with Crippen LogP contribution in [-0.4, -0.2) is 27.2 Å². The minimum atomic E-state index is -0.584. The summed E-state index contributed by atoms with van der Waals surface area (Å²) in [7, 11) is 0. The molecule has 0 unspecified atom stereocenters. The smallest absolute Gasteiger partial charge is 0.223 e. The van der Waals surface area contributed by atoms with Crippen LogP contribution in [0, 0.1) is 22.3 Å². The van der Waals surface area contributed by atoms with Gasteiger partial charge >= 0.3 is 0 Å². The van der Waals surface area contributed by atoms with E-state index in [0.717, 1.165) is 18.7 Å². The van der Waals surface area contributed by atoms with Crippen LogP contribution in [0.25, 0.3) is 0 Å². The maximum absolute atomic E-state index is 13.8. The molecule has 0 aliphatic heterocycles. The van der Waals surface area contributed by atoms with Crippen LogP contribution in [0.5, 0.6) is 0 Å². The fraction of sp³-hybridized carbons (Fsp3) is 0.471. The van der Waals surface area contributed by atoms with E-state index in [1.807, 2.05) is 4.57 Å². The normalized spacial score (nSPS) is 22.0. The molecular formula is C17H18F2N4OS. The van der Waals surface area contributed by atoms with Gasteiger partial charge in [0.2, 0.25) is 5.91 Å². The molecule has 132 valence electrons. The van der Waals surface area contributed by atoms with Crippen LogP contribution in [-0.2, 0) is 11.3 Å². The van der Waals surface area contributed by atoms with E-state index in [0.29, 0.717) is 30.2 Å². The van der Waals surface area contributed by atoms with E-state index < -0.39 is 11.6 Å². The third kappa shape index (κ3) is 3.22. The Bertz CT molecular complexity index is 854. The summed E-state index contributed by atoms with van der Waals surface area (Å²) in [5.74, 6) is -0.683. The largest absolute Gasteiger partial charge is 0.354 e. The number of hydrogen-bond donors (Lipinski definition) is 2. The third-order valence-electron chi connectivity index (χ3n) is 4.86. The number of H-pyrrole nitrogens is 1. The van der Waals surface area contributed by atoms with Crippen molar-refractivity contribution < 1.29 is 13.6 Å². The molecule has 25 heavy (non-hydrogen) atoms. The summed E-state index contributed by atoms with van der Waals surface area (Å²) in [6.45, 7) is 0.952. The first-order valence-corrected chi connectivity index (χ1v) is 8.84. The summed E-state index contributed by atoms with van der Waals surface area (Å²) in [5, 5.41) is 9.88. The lowest BCUT2D eigenvalue weighted by Gasteiger charge is -2.08. The van der Waals surface area contributed by atoms with Gasteiger partial charge in [-0.05, 0) is 43.6 Å². The first kappa shape index (κ1) is 16.4. The highest BCUT2D eigenvalue weighted by molar-refractivity contribution is 7.71. The minimum absolute atomic E-state index is 0.0238. The second-order valence-corrected chi connectivity index (χ2v) is 7.07. The van der Waals surface area contributed by atoms with Gasteiger partial charge in [0.05, 0.1) is 0 Å². The lowest BCUT2D eigenvalue weighted by atomic mass is 10.1. The van der Waals surface area contributed by atoms with Crippen LogP contribution >= 0.6 is 12.2 Å². The average molecular weight is 364 g/mol. The molecule has 5 nitrogen and oxygen atoms in total. The van der Waals surface area contributed by atoms with E-state index in [-0.39, 0.29) is 23.3 Å². The van der Waals surface area contributed by atoms with Gasteiger partial charge in [-0.2, -0.15) is 5.10 Å². The van der Waals surface area contributed by atoms with Crippen molar-refractivity contribution in [2.24, 2.45) is 5.92 Å². The van der Waals surface area contributed by atoms with Crippen molar-refractivity contribution in [3.63, 3.8) is 0 Å². The molecule has 1 heterocycles. The Morgan fingerprint density at radius 2 is 2.08 bits per heavy atom. The fourth-order valence-corrected chi connectivity index (χ4v) is 3.52. The van der Waals surface area contributed by atoms with E-state index in [9.17, 15) is 13.6 Å². The molecule has 1 aromatic heterocycles. The van der Waals surface area contributed by atoms with Crippen molar-refractivity contribution in [3.05, 3.63) is 46.0 Å². The van der Waals surface area contributed by atoms with Crippen molar-refractivity contribution in [1.29, 1.82) is 0 Å². The molecular weight excluding hydrogens is 346 g/mol. The number of nitrogens with one attached hydrogen (secondary N) is 2. The second-order valence-electron chi connectivity index (χ2n) is 6.69. The second kappa shape index (κ2) is 6.33. The van der Waals surface area contributed by atoms with Crippen LogP contribution in [0.4, 0.5) is 8.78 Å². The molecule has 4 rings (SSSR count). The highest BCUT2D eigenvalue weighted by Gasteiger charge is 2.46. The van der Waals surface area contributed by atoms with Gasteiger partial charge in [-0.15, -0.1) is 0 Å². The van der Waals surface area contributed by atoms with Crippen molar-refractivity contribution in [1.82, 2.24) is 20.1 Å². The molecule has 2 atom stereocenters. The summed E-state index contributed by atoms with van der Waals surface area (Å²) >= 11 is 5.22. The first-order chi connectivity index (χ1) is 12.1. The molecule has 0 radical (unpaired) electrons. The Labute approximate surface area is 148 Å². The number of carbonyl (C=O) groups is 1. The zero-order chi connectivity index (χ0) is 17.6.